The van der Waals surface area contributed by atoms with Crippen molar-refractivity contribution in [3.63, 3.8) is 0 Å². The maximum atomic E-state index is 12.4. The lowest BCUT2D eigenvalue weighted by Crippen LogP contribution is -2.34. The Morgan fingerprint density at radius 3 is 2.77 bits per heavy atom. The van der Waals surface area contributed by atoms with Crippen LogP contribution in [0.2, 0.25) is 0 Å². The second-order valence-corrected chi connectivity index (χ2v) is 7.48. The average Bonchev–Trinajstić information content (AvgIpc) is 3.06. The summed E-state index contributed by atoms with van der Waals surface area (Å²) in [7, 11) is 0. The number of aryl methyl sites for hydroxylation is 1. The standard InChI is InChI=1S/C22H30N2O2/c25-21-16-20(17-24(21)15-13-19-10-5-2-6-11-19)22(26)23-14-7-12-18-8-3-1-4-9-18/h1,3-4,8-10,20H,2,5-7,11-17H2,(H,23,26). The Hall–Kier alpha value is -2.10. The van der Waals surface area contributed by atoms with E-state index in [1.807, 2.05) is 23.1 Å². The fourth-order valence-electron chi connectivity index (χ4n) is 3.87. The van der Waals surface area contributed by atoms with Gasteiger partial charge >= 0.3 is 0 Å². The van der Waals surface area contributed by atoms with Gasteiger partial charge in [-0.15, -0.1) is 0 Å². The average molecular weight is 354 g/mol. The molecule has 3 rings (SSSR count). The van der Waals surface area contributed by atoms with Crippen molar-refractivity contribution >= 4 is 11.8 Å². The molecule has 1 fully saturated rings. The van der Waals surface area contributed by atoms with Crippen LogP contribution in [0.5, 0.6) is 0 Å². The molecule has 4 nitrogen and oxygen atoms in total. The van der Waals surface area contributed by atoms with Crippen molar-refractivity contribution in [2.45, 2.75) is 51.4 Å². The Bertz CT molecular complexity index is 639. The van der Waals surface area contributed by atoms with E-state index in [0.717, 1.165) is 25.8 Å². The van der Waals surface area contributed by atoms with Gasteiger partial charge in [0.25, 0.3) is 0 Å². The summed E-state index contributed by atoms with van der Waals surface area (Å²) in [5.74, 6) is -0.0174. The lowest BCUT2D eigenvalue weighted by molar-refractivity contribution is -0.129. The zero-order chi connectivity index (χ0) is 18.2. The zero-order valence-electron chi connectivity index (χ0n) is 15.6. The summed E-state index contributed by atoms with van der Waals surface area (Å²) in [5.41, 5.74) is 2.78. The molecule has 140 valence electrons. The monoisotopic (exact) mass is 354 g/mol. The molecule has 2 amide bonds. The van der Waals surface area contributed by atoms with Crippen LogP contribution < -0.4 is 5.32 Å². The smallest absolute Gasteiger partial charge is 0.225 e. The first kappa shape index (κ1) is 18.7. The van der Waals surface area contributed by atoms with E-state index in [9.17, 15) is 9.59 Å². The predicted molar refractivity (Wildman–Crippen MR) is 104 cm³/mol. The molecule has 1 aromatic rings. The van der Waals surface area contributed by atoms with Gasteiger partial charge in [0.1, 0.15) is 0 Å². The van der Waals surface area contributed by atoms with Crippen molar-refractivity contribution in [3.8, 4) is 0 Å². The Labute approximate surface area is 156 Å². The number of hydrogen-bond donors (Lipinski definition) is 1. The quantitative estimate of drug-likeness (QED) is 0.574. The first-order valence-electron chi connectivity index (χ1n) is 9.99. The van der Waals surface area contributed by atoms with Gasteiger partial charge < -0.3 is 10.2 Å². The van der Waals surface area contributed by atoms with Gasteiger partial charge in [0.15, 0.2) is 0 Å². The van der Waals surface area contributed by atoms with Crippen LogP contribution in [0.15, 0.2) is 42.0 Å². The normalized spacial score (nSPS) is 20.2. The first-order valence-corrected chi connectivity index (χ1v) is 9.99. The second kappa shape index (κ2) is 9.56. The molecule has 0 spiro atoms. The van der Waals surface area contributed by atoms with Gasteiger partial charge in [0, 0.05) is 26.1 Å². The van der Waals surface area contributed by atoms with Crippen LogP contribution >= 0.6 is 0 Å². The second-order valence-electron chi connectivity index (χ2n) is 7.48. The fraction of sp³-hybridized carbons (Fsp3) is 0.545. The highest BCUT2D eigenvalue weighted by atomic mass is 16.2. The Kier molecular flexibility index (Phi) is 6.87. The maximum absolute atomic E-state index is 12.4. The lowest BCUT2D eigenvalue weighted by Gasteiger charge is -2.19. The van der Waals surface area contributed by atoms with Crippen molar-refractivity contribution in [2.24, 2.45) is 5.92 Å². The Balaban J connectivity index is 1.35. The van der Waals surface area contributed by atoms with Crippen molar-refractivity contribution < 1.29 is 9.59 Å². The molecule has 1 aliphatic heterocycles. The number of nitrogens with zero attached hydrogens (tertiary/aromatic N) is 1. The summed E-state index contributed by atoms with van der Waals surface area (Å²) in [6.07, 6.45) is 10.5. The van der Waals surface area contributed by atoms with E-state index in [-0.39, 0.29) is 17.7 Å². The molecule has 26 heavy (non-hydrogen) atoms. The van der Waals surface area contributed by atoms with Crippen molar-refractivity contribution in [3.05, 3.63) is 47.5 Å². The Morgan fingerprint density at radius 1 is 1.15 bits per heavy atom. The number of carbonyl (C=O) groups is 2. The number of rotatable bonds is 8. The van der Waals surface area contributed by atoms with Crippen LogP contribution in [0.4, 0.5) is 0 Å². The van der Waals surface area contributed by atoms with Gasteiger partial charge in [0.2, 0.25) is 11.8 Å². The topological polar surface area (TPSA) is 49.4 Å². The summed E-state index contributed by atoms with van der Waals surface area (Å²) in [5, 5.41) is 3.01. The number of benzene rings is 1. The van der Waals surface area contributed by atoms with Crippen molar-refractivity contribution in [1.29, 1.82) is 0 Å². The molecule has 1 saturated heterocycles. The van der Waals surface area contributed by atoms with Crippen molar-refractivity contribution in [1.82, 2.24) is 10.2 Å². The maximum Gasteiger partial charge on any atom is 0.225 e. The van der Waals surface area contributed by atoms with Crippen LogP contribution in [-0.4, -0.2) is 36.3 Å². The summed E-state index contributed by atoms with van der Waals surface area (Å²) >= 11 is 0. The molecule has 0 radical (unpaired) electrons. The molecule has 1 heterocycles. The van der Waals surface area contributed by atoms with Crippen LogP contribution in [0.25, 0.3) is 0 Å². The number of amides is 2. The number of likely N-dealkylation sites (tertiary alicyclic amines) is 1. The highest BCUT2D eigenvalue weighted by molar-refractivity contribution is 5.89. The van der Waals surface area contributed by atoms with E-state index in [2.05, 4.69) is 23.5 Å². The molecule has 4 heteroatoms. The van der Waals surface area contributed by atoms with Gasteiger partial charge in [-0.05, 0) is 50.5 Å². The van der Waals surface area contributed by atoms with Gasteiger partial charge in [-0.25, -0.2) is 0 Å². The van der Waals surface area contributed by atoms with Crippen molar-refractivity contribution in [2.75, 3.05) is 19.6 Å². The van der Waals surface area contributed by atoms with Crippen LogP contribution in [-0.2, 0) is 16.0 Å². The van der Waals surface area contributed by atoms with E-state index in [1.165, 1.54) is 36.8 Å². The number of hydrogen-bond acceptors (Lipinski definition) is 2. The summed E-state index contributed by atoms with van der Waals surface area (Å²) < 4.78 is 0. The minimum Gasteiger partial charge on any atom is -0.356 e. The highest BCUT2D eigenvalue weighted by Crippen LogP contribution is 2.23. The summed E-state index contributed by atoms with van der Waals surface area (Å²) in [6.45, 7) is 2.02. The van der Waals surface area contributed by atoms with Crippen LogP contribution in [0.3, 0.4) is 0 Å². The Morgan fingerprint density at radius 2 is 2.00 bits per heavy atom. The molecule has 0 saturated carbocycles. The van der Waals surface area contributed by atoms with Gasteiger partial charge in [-0.2, -0.15) is 0 Å². The van der Waals surface area contributed by atoms with Gasteiger partial charge in [-0.1, -0.05) is 42.0 Å². The zero-order valence-corrected chi connectivity index (χ0v) is 15.6. The van der Waals surface area contributed by atoms with Crippen LogP contribution in [0, 0.1) is 5.92 Å². The van der Waals surface area contributed by atoms with Gasteiger partial charge in [-0.3, -0.25) is 9.59 Å². The molecule has 0 bridgehead atoms. The van der Waals surface area contributed by atoms with E-state index in [0.29, 0.717) is 19.5 Å². The molecule has 0 aromatic heterocycles. The van der Waals surface area contributed by atoms with E-state index in [1.54, 1.807) is 0 Å². The predicted octanol–water partition coefficient (Wildman–Crippen LogP) is 3.47. The molecule has 2 aliphatic rings. The third-order valence-electron chi connectivity index (χ3n) is 5.46. The van der Waals surface area contributed by atoms with E-state index >= 15 is 0 Å². The van der Waals surface area contributed by atoms with E-state index in [4.69, 9.17) is 0 Å². The number of nitrogens with one attached hydrogen (secondary N) is 1. The molecule has 1 unspecified atom stereocenters. The number of carbonyl (C=O) groups excluding carboxylic acids is 2. The largest absolute Gasteiger partial charge is 0.356 e. The van der Waals surface area contributed by atoms with Gasteiger partial charge in [0.05, 0.1) is 5.92 Å². The third kappa shape index (κ3) is 5.45. The third-order valence-corrected chi connectivity index (χ3v) is 5.46. The fourth-order valence-corrected chi connectivity index (χ4v) is 3.87. The molecular formula is C22H30N2O2. The minimum absolute atomic E-state index is 0.0331. The summed E-state index contributed by atoms with van der Waals surface area (Å²) in [4.78, 5) is 26.4. The molecular weight excluding hydrogens is 324 g/mol. The SMILES string of the molecule is O=C(NCCCc1ccccc1)C1CC(=O)N(CCC2=CCCCC2)C1. The lowest BCUT2D eigenvalue weighted by atomic mass is 9.97. The minimum atomic E-state index is -0.181. The molecule has 1 aliphatic carbocycles. The highest BCUT2D eigenvalue weighted by Gasteiger charge is 2.33. The molecule has 1 N–H and O–H groups in total. The molecule has 1 aromatic carbocycles. The number of allylic oxidation sites excluding steroid dienone is 1. The van der Waals surface area contributed by atoms with Crippen LogP contribution in [0.1, 0.15) is 50.5 Å². The molecule has 1 atom stereocenters. The summed E-state index contributed by atoms with van der Waals surface area (Å²) in [6, 6.07) is 10.3. The van der Waals surface area contributed by atoms with E-state index < -0.39 is 0 Å². The first-order chi connectivity index (χ1) is 12.7.